The average Bonchev–Trinajstić information content (AvgIpc) is 2.36. The molecule has 3 nitrogen and oxygen atoms in total. The molecule has 0 saturated heterocycles. The first-order chi connectivity index (χ1) is 8.61. The number of rotatable bonds is 3. The molecule has 0 spiro atoms. The Balaban J connectivity index is 2.37. The Morgan fingerprint density at radius 1 is 1.28 bits per heavy atom. The minimum atomic E-state index is -0.666. The number of pyridine rings is 1. The largest absolute Gasteiger partial charge is 0.433 e. The van der Waals surface area contributed by atoms with Crippen molar-refractivity contribution in [2.24, 2.45) is 5.73 Å². The maximum absolute atomic E-state index is 13.8. The van der Waals surface area contributed by atoms with Crippen LogP contribution in [0.3, 0.4) is 0 Å². The molecule has 1 aromatic carbocycles. The van der Waals surface area contributed by atoms with E-state index in [1.165, 1.54) is 24.4 Å². The third-order valence-electron chi connectivity index (χ3n) is 2.45. The second-order valence-electron chi connectivity index (χ2n) is 3.83. The van der Waals surface area contributed by atoms with E-state index in [4.69, 9.17) is 10.5 Å². The summed E-state index contributed by atoms with van der Waals surface area (Å²) in [7, 11) is 0. The molecule has 2 aromatic rings. The fourth-order valence-corrected chi connectivity index (χ4v) is 1.48. The number of aromatic nitrogens is 1. The van der Waals surface area contributed by atoms with E-state index in [-0.39, 0.29) is 23.7 Å². The van der Waals surface area contributed by atoms with E-state index < -0.39 is 11.6 Å². The van der Waals surface area contributed by atoms with Crippen molar-refractivity contribution in [2.75, 3.05) is 0 Å². The summed E-state index contributed by atoms with van der Waals surface area (Å²) >= 11 is 0. The third-order valence-corrected chi connectivity index (χ3v) is 2.45. The van der Waals surface area contributed by atoms with E-state index in [0.29, 0.717) is 0 Å². The van der Waals surface area contributed by atoms with Crippen molar-refractivity contribution < 1.29 is 13.5 Å². The highest BCUT2D eigenvalue weighted by atomic mass is 19.1. The van der Waals surface area contributed by atoms with Crippen molar-refractivity contribution in [3.8, 4) is 11.6 Å². The third kappa shape index (κ3) is 2.46. The van der Waals surface area contributed by atoms with Gasteiger partial charge in [-0.2, -0.15) is 0 Å². The lowest BCUT2D eigenvalue weighted by atomic mass is 10.2. The Bertz CT molecular complexity index is 573. The summed E-state index contributed by atoms with van der Waals surface area (Å²) < 4.78 is 32.4. The second kappa shape index (κ2) is 5.10. The fourth-order valence-electron chi connectivity index (χ4n) is 1.48. The van der Waals surface area contributed by atoms with Gasteiger partial charge in [-0.25, -0.2) is 13.8 Å². The topological polar surface area (TPSA) is 48.1 Å². The number of nitrogens with zero attached hydrogens (tertiary/aromatic N) is 1. The van der Waals surface area contributed by atoms with Crippen molar-refractivity contribution >= 4 is 0 Å². The Labute approximate surface area is 103 Å². The lowest BCUT2D eigenvalue weighted by Crippen LogP contribution is -2.03. The fraction of sp³-hybridized carbons (Fsp3) is 0.154. The number of halogens is 2. The Morgan fingerprint density at radius 2 is 2.06 bits per heavy atom. The van der Waals surface area contributed by atoms with Crippen LogP contribution in [0.5, 0.6) is 11.6 Å². The van der Waals surface area contributed by atoms with Gasteiger partial charge in [-0.15, -0.1) is 0 Å². The first-order valence-electron chi connectivity index (χ1n) is 5.39. The SMILES string of the molecule is Cc1ccc(F)c(Oc2nccc(CN)c2F)c1. The van der Waals surface area contributed by atoms with Crippen LogP contribution < -0.4 is 10.5 Å². The van der Waals surface area contributed by atoms with Crippen molar-refractivity contribution in [2.45, 2.75) is 13.5 Å². The summed E-state index contributed by atoms with van der Waals surface area (Å²) in [6, 6.07) is 5.79. The molecule has 0 aliphatic carbocycles. The van der Waals surface area contributed by atoms with Gasteiger partial charge in [0, 0.05) is 18.3 Å². The number of nitrogens with two attached hydrogens (primary N) is 1. The minimum Gasteiger partial charge on any atom is -0.433 e. The molecule has 0 bridgehead atoms. The quantitative estimate of drug-likeness (QED) is 0.911. The van der Waals surface area contributed by atoms with Gasteiger partial charge >= 0.3 is 0 Å². The van der Waals surface area contributed by atoms with Gasteiger partial charge in [0.2, 0.25) is 0 Å². The smallest absolute Gasteiger partial charge is 0.256 e. The zero-order valence-electron chi connectivity index (χ0n) is 9.78. The molecule has 1 heterocycles. The highest BCUT2D eigenvalue weighted by molar-refractivity contribution is 5.34. The van der Waals surface area contributed by atoms with E-state index in [0.717, 1.165) is 5.56 Å². The molecule has 0 saturated carbocycles. The van der Waals surface area contributed by atoms with Crippen LogP contribution in [-0.4, -0.2) is 4.98 Å². The Morgan fingerprint density at radius 3 is 2.78 bits per heavy atom. The predicted molar refractivity (Wildman–Crippen MR) is 63.3 cm³/mol. The summed E-state index contributed by atoms with van der Waals surface area (Å²) in [5, 5.41) is 0. The van der Waals surface area contributed by atoms with E-state index >= 15 is 0 Å². The van der Waals surface area contributed by atoms with Crippen molar-refractivity contribution in [3.05, 3.63) is 53.2 Å². The predicted octanol–water partition coefficient (Wildman–Crippen LogP) is 2.92. The van der Waals surface area contributed by atoms with E-state index in [2.05, 4.69) is 4.98 Å². The molecule has 0 radical (unpaired) electrons. The van der Waals surface area contributed by atoms with Gasteiger partial charge in [-0.05, 0) is 30.7 Å². The Kier molecular flexibility index (Phi) is 3.53. The maximum atomic E-state index is 13.8. The molecule has 0 aliphatic heterocycles. The van der Waals surface area contributed by atoms with Gasteiger partial charge in [0.1, 0.15) is 0 Å². The van der Waals surface area contributed by atoms with Crippen LogP contribution in [0.25, 0.3) is 0 Å². The molecule has 0 aliphatic rings. The van der Waals surface area contributed by atoms with E-state index in [1.54, 1.807) is 13.0 Å². The Hall–Kier alpha value is -2.01. The van der Waals surface area contributed by atoms with Crippen LogP contribution in [0, 0.1) is 18.6 Å². The van der Waals surface area contributed by atoms with Crippen LogP contribution in [0.2, 0.25) is 0 Å². The average molecular weight is 250 g/mol. The molecule has 0 atom stereocenters. The van der Waals surface area contributed by atoms with Crippen LogP contribution in [-0.2, 0) is 6.54 Å². The van der Waals surface area contributed by atoms with Crippen molar-refractivity contribution in [3.63, 3.8) is 0 Å². The van der Waals surface area contributed by atoms with Crippen molar-refractivity contribution in [1.82, 2.24) is 4.98 Å². The lowest BCUT2D eigenvalue weighted by molar-refractivity contribution is 0.395. The molecule has 2 N–H and O–H groups in total. The highest BCUT2D eigenvalue weighted by Gasteiger charge is 2.13. The van der Waals surface area contributed by atoms with Gasteiger partial charge in [0.15, 0.2) is 17.4 Å². The molecular weight excluding hydrogens is 238 g/mol. The number of aryl methyl sites for hydroxylation is 1. The maximum Gasteiger partial charge on any atom is 0.256 e. The zero-order chi connectivity index (χ0) is 13.1. The molecule has 1 aromatic heterocycles. The molecule has 5 heteroatoms. The summed E-state index contributed by atoms with van der Waals surface area (Å²) in [4.78, 5) is 3.73. The van der Waals surface area contributed by atoms with Crippen LogP contribution in [0.4, 0.5) is 8.78 Å². The number of hydrogen-bond acceptors (Lipinski definition) is 3. The van der Waals surface area contributed by atoms with Crippen LogP contribution in [0.1, 0.15) is 11.1 Å². The summed E-state index contributed by atoms with van der Waals surface area (Å²) in [5.74, 6) is -1.57. The monoisotopic (exact) mass is 250 g/mol. The summed E-state index contributed by atoms with van der Waals surface area (Å²) in [6.45, 7) is 1.81. The molecule has 0 amide bonds. The van der Waals surface area contributed by atoms with Crippen LogP contribution >= 0.6 is 0 Å². The second-order valence-corrected chi connectivity index (χ2v) is 3.83. The number of ether oxygens (including phenoxy) is 1. The molecule has 2 rings (SSSR count). The van der Waals surface area contributed by atoms with Crippen molar-refractivity contribution in [1.29, 1.82) is 0 Å². The van der Waals surface area contributed by atoms with Crippen LogP contribution in [0.15, 0.2) is 30.5 Å². The zero-order valence-corrected chi connectivity index (χ0v) is 9.78. The normalized spacial score (nSPS) is 10.4. The molecule has 0 fully saturated rings. The summed E-state index contributed by atoms with van der Waals surface area (Å²) in [6.07, 6.45) is 1.37. The number of hydrogen-bond donors (Lipinski definition) is 1. The number of benzene rings is 1. The van der Waals surface area contributed by atoms with Gasteiger partial charge in [0.25, 0.3) is 5.88 Å². The molecule has 0 unspecified atom stereocenters. The molecule has 94 valence electrons. The first kappa shape index (κ1) is 12.4. The first-order valence-corrected chi connectivity index (χ1v) is 5.39. The van der Waals surface area contributed by atoms with E-state index in [1.807, 2.05) is 0 Å². The summed E-state index contributed by atoms with van der Waals surface area (Å²) in [5.41, 5.74) is 6.45. The standard InChI is InChI=1S/C13H12F2N2O/c1-8-2-3-10(14)11(6-8)18-13-12(15)9(7-16)4-5-17-13/h2-6H,7,16H2,1H3. The highest BCUT2D eigenvalue weighted by Crippen LogP contribution is 2.26. The lowest BCUT2D eigenvalue weighted by Gasteiger charge is -2.09. The van der Waals surface area contributed by atoms with Gasteiger partial charge in [-0.3, -0.25) is 0 Å². The van der Waals surface area contributed by atoms with Gasteiger partial charge < -0.3 is 10.5 Å². The molecular formula is C13H12F2N2O. The van der Waals surface area contributed by atoms with E-state index in [9.17, 15) is 8.78 Å². The van der Waals surface area contributed by atoms with Gasteiger partial charge in [-0.1, -0.05) is 6.07 Å². The van der Waals surface area contributed by atoms with Gasteiger partial charge in [0.05, 0.1) is 0 Å². The molecule has 18 heavy (non-hydrogen) atoms. The minimum absolute atomic E-state index is 0.0288.